The van der Waals surface area contributed by atoms with Crippen molar-refractivity contribution in [3.63, 3.8) is 0 Å². The van der Waals surface area contributed by atoms with Crippen molar-refractivity contribution in [1.29, 1.82) is 0 Å². The largest absolute Gasteiger partial charge is 0.507 e. The lowest BCUT2D eigenvalue weighted by atomic mass is 10.0. The van der Waals surface area contributed by atoms with Gasteiger partial charge in [-0.1, -0.05) is 32.4 Å². The maximum atomic E-state index is 10.9. The zero-order valence-electron chi connectivity index (χ0n) is 12.1. The highest BCUT2D eigenvalue weighted by Gasteiger charge is 2.08. The second-order valence-electron chi connectivity index (χ2n) is 4.45. The summed E-state index contributed by atoms with van der Waals surface area (Å²) in [6, 6.07) is 6.24. The van der Waals surface area contributed by atoms with Crippen molar-refractivity contribution in [3.8, 4) is 5.75 Å². The lowest BCUT2D eigenvalue weighted by Gasteiger charge is -2.03. The van der Waals surface area contributed by atoms with Crippen LogP contribution in [0.3, 0.4) is 0 Å². The molecule has 1 aromatic carbocycles. The number of carbonyl (C=O) groups excluding carboxylic acids is 1. The van der Waals surface area contributed by atoms with Gasteiger partial charge in [0.15, 0.2) is 0 Å². The molecule has 0 fully saturated rings. The molecule has 1 unspecified atom stereocenters. The number of methoxy groups -OCH3 is 1. The molecule has 5 nitrogen and oxygen atoms in total. The first-order valence-corrected chi connectivity index (χ1v) is 6.50. The Bertz CT molecular complexity index is 428. The van der Waals surface area contributed by atoms with E-state index in [-0.39, 0.29) is 11.3 Å². The Hall–Kier alpha value is -2.04. The van der Waals surface area contributed by atoms with Crippen LogP contribution in [-0.4, -0.2) is 29.3 Å². The first-order valence-electron chi connectivity index (χ1n) is 6.50. The molecule has 0 aromatic heterocycles. The van der Waals surface area contributed by atoms with Crippen molar-refractivity contribution >= 4 is 11.9 Å². The van der Waals surface area contributed by atoms with Crippen LogP contribution in [0.15, 0.2) is 24.3 Å². The molecule has 0 spiro atoms. The predicted molar refractivity (Wildman–Crippen MR) is 75.8 cm³/mol. The SMILES string of the molecule is CCC(C)CCC(=O)O.COC(=O)c1ccccc1O. The summed E-state index contributed by atoms with van der Waals surface area (Å²) in [5.74, 6) is -0.709. The fraction of sp³-hybridized carbons (Fsp3) is 0.467. The lowest BCUT2D eigenvalue weighted by Crippen LogP contribution is -2.00. The molecule has 0 radical (unpaired) electrons. The third-order valence-electron chi connectivity index (χ3n) is 2.86. The van der Waals surface area contributed by atoms with Gasteiger partial charge in [0, 0.05) is 6.42 Å². The van der Waals surface area contributed by atoms with Crippen LogP contribution in [0.2, 0.25) is 0 Å². The van der Waals surface area contributed by atoms with Crippen molar-refractivity contribution < 1.29 is 24.5 Å². The van der Waals surface area contributed by atoms with E-state index in [1.165, 1.54) is 19.2 Å². The first kappa shape index (κ1) is 18.0. The van der Waals surface area contributed by atoms with Crippen LogP contribution in [0, 0.1) is 5.92 Å². The number of carboxylic acids is 1. The number of para-hydroxylation sites is 1. The number of aromatic hydroxyl groups is 1. The van der Waals surface area contributed by atoms with E-state index in [1.807, 2.05) is 0 Å². The summed E-state index contributed by atoms with van der Waals surface area (Å²) in [4.78, 5) is 20.9. The lowest BCUT2D eigenvalue weighted by molar-refractivity contribution is -0.137. The highest BCUT2D eigenvalue weighted by molar-refractivity contribution is 5.92. The topological polar surface area (TPSA) is 83.8 Å². The zero-order chi connectivity index (χ0) is 15.5. The quantitative estimate of drug-likeness (QED) is 0.811. The van der Waals surface area contributed by atoms with Crippen LogP contribution >= 0.6 is 0 Å². The molecule has 0 saturated heterocycles. The average Bonchev–Trinajstić information content (AvgIpc) is 2.45. The number of rotatable bonds is 5. The van der Waals surface area contributed by atoms with Crippen LogP contribution in [0.5, 0.6) is 5.75 Å². The minimum Gasteiger partial charge on any atom is -0.507 e. The van der Waals surface area contributed by atoms with Crippen LogP contribution in [-0.2, 0) is 9.53 Å². The summed E-state index contributed by atoms with van der Waals surface area (Å²) in [5.41, 5.74) is 0.190. The zero-order valence-corrected chi connectivity index (χ0v) is 12.1. The molecular weight excluding hydrogens is 260 g/mol. The van der Waals surface area contributed by atoms with Gasteiger partial charge in [0.2, 0.25) is 0 Å². The summed E-state index contributed by atoms with van der Waals surface area (Å²) in [7, 11) is 1.27. The minimum atomic E-state index is -0.685. The molecule has 1 rings (SSSR count). The van der Waals surface area contributed by atoms with Crippen molar-refractivity contribution in [2.24, 2.45) is 5.92 Å². The summed E-state index contributed by atoms with van der Waals surface area (Å²) in [6.45, 7) is 4.15. The van der Waals surface area contributed by atoms with Gasteiger partial charge in [0.05, 0.1) is 7.11 Å². The standard InChI is InChI=1S/C8H8O3.C7H14O2/c1-11-8(10)6-4-2-3-5-7(6)9;1-3-6(2)4-5-7(8)9/h2-5,9H,1H3;6H,3-5H2,1-2H3,(H,8,9). The Kier molecular flexibility index (Phi) is 8.83. The van der Waals surface area contributed by atoms with Gasteiger partial charge in [-0.05, 0) is 24.5 Å². The molecule has 0 heterocycles. The van der Waals surface area contributed by atoms with Gasteiger partial charge in [-0.15, -0.1) is 0 Å². The second kappa shape index (κ2) is 9.83. The average molecular weight is 282 g/mol. The second-order valence-corrected chi connectivity index (χ2v) is 4.45. The van der Waals surface area contributed by atoms with E-state index < -0.39 is 11.9 Å². The van der Waals surface area contributed by atoms with Gasteiger partial charge < -0.3 is 14.9 Å². The molecule has 0 aliphatic heterocycles. The molecule has 5 heteroatoms. The van der Waals surface area contributed by atoms with E-state index in [2.05, 4.69) is 18.6 Å². The number of esters is 1. The maximum Gasteiger partial charge on any atom is 0.341 e. The number of hydrogen-bond acceptors (Lipinski definition) is 4. The number of hydrogen-bond donors (Lipinski definition) is 2. The number of phenols is 1. The molecule has 1 atom stereocenters. The van der Waals surface area contributed by atoms with Gasteiger partial charge >= 0.3 is 11.9 Å². The Labute approximate surface area is 119 Å². The Morgan fingerprint density at radius 1 is 1.30 bits per heavy atom. The van der Waals surface area contributed by atoms with E-state index in [1.54, 1.807) is 12.1 Å². The molecule has 112 valence electrons. The number of aliphatic carboxylic acids is 1. The van der Waals surface area contributed by atoms with Crippen molar-refractivity contribution in [3.05, 3.63) is 29.8 Å². The number of benzene rings is 1. The van der Waals surface area contributed by atoms with Gasteiger partial charge in [-0.3, -0.25) is 4.79 Å². The molecule has 0 aliphatic rings. The predicted octanol–water partition coefficient (Wildman–Crippen LogP) is 3.08. The molecule has 0 amide bonds. The van der Waals surface area contributed by atoms with Crippen molar-refractivity contribution in [1.82, 2.24) is 0 Å². The maximum absolute atomic E-state index is 10.9. The fourth-order valence-electron chi connectivity index (χ4n) is 1.33. The van der Waals surface area contributed by atoms with Crippen molar-refractivity contribution in [2.75, 3.05) is 7.11 Å². The molecule has 0 bridgehead atoms. The van der Waals surface area contributed by atoms with Crippen LogP contribution in [0.4, 0.5) is 0 Å². The normalized spacial score (nSPS) is 10.9. The summed E-state index contributed by atoms with van der Waals surface area (Å²) in [5, 5.41) is 17.4. The Morgan fingerprint density at radius 2 is 1.90 bits per heavy atom. The molecular formula is C15H22O5. The molecule has 2 N–H and O–H groups in total. The summed E-state index contributed by atoms with van der Waals surface area (Å²) >= 11 is 0. The van der Waals surface area contributed by atoms with Crippen LogP contribution < -0.4 is 0 Å². The number of carboxylic acid groups (broad SMARTS) is 1. The monoisotopic (exact) mass is 282 g/mol. The third-order valence-corrected chi connectivity index (χ3v) is 2.86. The van der Waals surface area contributed by atoms with Gasteiger partial charge in [-0.2, -0.15) is 0 Å². The molecule has 0 aliphatic carbocycles. The number of ether oxygens (including phenoxy) is 1. The number of carbonyl (C=O) groups is 2. The fourth-order valence-corrected chi connectivity index (χ4v) is 1.33. The Balaban J connectivity index is 0.000000370. The summed E-state index contributed by atoms with van der Waals surface area (Å²) < 4.78 is 4.42. The van der Waals surface area contributed by atoms with Crippen LogP contribution in [0.25, 0.3) is 0 Å². The highest BCUT2D eigenvalue weighted by Crippen LogP contribution is 2.15. The van der Waals surface area contributed by atoms with E-state index in [0.29, 0.717) is 12.3 Å². The van der Waals surface area contributed by atoms with Gasteiger partial charge in [-0.25, -0.2) is 4.79 Å². The van der Waals surface area contributed by atoms with E-state index in [4.69, 9.17) is 10.2 Å². The van der Waals surface area contributed by atoms with Gasteiger partial charge in [0.1, 0.15) is 11.3 Å². The Morgan fingerprint density at radius 3 is 2.35 bits per heavy atom. The number of phenolic OH excluding ortho intramolecular Hbond substituents is 1. The smallest absolute Gasteiger partial charge is 0.341 e. The molecule has 20 heavy (non-hydrogen) atoms. The van der Waals surface area contributed by atoms with Gasteiger partial charge in [0.25, 0.3) is 0 Å². The third kappa shape index (κ3) is 7.41. The van der Waals surface area contributed by atoms with Crippen LogP contribution in [0.1, 0.15) is 43.5 Å². The molecule has 1 aromatic rings. The highest BCUT2D eigenvalue weighted by atomic mass is 16.5. The van der Waals surface area contributed by atoms with Crippen molar-refractivity contribution in [2.45, 2.75) is 33.1 Å². The van der Waals surface area contributed by atoms with E-state index in [0.717, 1.165) is 12.8 Å². The van der Waals surface area contributed by atoms with E-state index >= 15 is 0 Å². The first-order chi connectivity index (χ1) is 9.42. The minimum absolute atomic E-state index is 0.0562. The molecule has 0 saturated carbocycles. The van der Waals surface area contributed by atoms with E-state index in [9.17, 15) is 9.59 Å². The summed E-state index contributed by atoms with van der Waals surface area (Å²) in [6.07, 6.45) is 2.20.